The maximum Gasteiger partial charge on any atom is 0.338 e. The fraction of sp³-hybridized carbons (Fsp3) is 0.263. The van der Waals surface area contributed by atoms with Crippen LogP contribution in [0.1, 0.15) is 22.8 Å². The van der Waals surface area contributed by atoms with Crippen LogP contribution in [-0.4, -0.2) is 40.1 Å². The van der Waals surface area contributed by atoms with E-state index in [1.165, 1.54) is 31.4 Å². The molecule has 0 spiro atoms. The molecular formula is C19H21NO6S. The van der Waals surface area contributed by atoms with Gasteiger partial charge in [0.05, 0.1) is 24.2 Å². The molecule has 1 N–H and O–H groups in total. The van der Waals surface area contributed by atoms with Crippen molar-refractivity contribution < 1.29 is 27.5 Å². The van der Waals surface area contributed by atoms with Crippen molar-refractivity contribution in [3.8, 4) is 0 Å². The van der Waals surface area contributed by atoms with Gasteiger partial charge in [-0.15, -0.1) is 0 Å². The maximum absolute atomic E-state index is 12.6. The molecule has 0 aliphatic carbocycles. The van der Waals surface area contributed by atoms with Gasteiger partial charge < -0.3 is 9.47 Å². The first-order valence-electron chi connectivity index (χ1n) is 8.28. The van der Waals surface area contributed by atoms with Gasteiger partial charge in [-0.25, -0.2) is 13.2 Å². The van der Waals surface area contributed by atoms with Crippen LogP contribution < -0.4 is 4.72 Å². The molecule has 2 rings (SSSR count). The van der Waals surface area contributed by atoms with E-state index in [1.54, 1.807) is 31.2 Å². The van der Waals surface area contributed by atoms with Gasteiger partial charge in [-0.1, -0.05) is 30.3 Å². The first-order chi connectivity index (χ1) is 12.9. The average Bonchev–Trinajstić information content (AvgIpc) is 2.68. The Labute approximate surface area is 158 Å². The lowest BCUT2D eigenvalue weighted by Crippen LogP contribution is -2.42. The zero-order valence-electron chi connectivity index (χ0n) is 15.0. The summed E-state index contributed by atoms with van der Waals surface area (Å²) in [4.78, 5) is 23.6. The summed E-state index contributed by atoms with van der Waals surface area (Å²) in [5.74, 6) is -1.23. The van der Waals surface area contributed by atoms with Crippen LogP contribution in [0.15, 0.2) is 59.5 Å². The predicted octanol–water partition coefficient (Wildman–Crippen LogP) is 1.93. The Balaban J connectivity index is 2.20. The van der Waals surface area contributed by atoms with Crippen molar-refractivity contribution in [1.29, 1.82) is 0 Å². The van der Waals surface area contributed by atoms with Crippen molar-refractivity contribution >= 4 is 22.0 Å². The second kappa shape index (κ2) is 9.29. The van der Waals surface area contributed by atoms with Crippen LogP contribution in [0.25, 0.3) is 0 Å². The molecule has 0 fully saturated rings. The normalized spacial score (nSPS) is 12.2. The lowest BCUT2D eigenvalue weighted by Gasteiger charge is -2.17. The Kier molecular flexibility index (Phi) is 7.09. The van der Waals surface area contributed by atoms with E-state index >= 15 is 0 Å². The van der Waals surface area contributed by atoms with E-state index in [4.69, 9.17) is 9.47 Å². The van der Waals surface area contributed by atoms with Crippen molar-refractivity contribution in [2.45, 2.75) is 24.3 Å². The number of methoxy groups -OCH3 is 1. The van der Waals surface area contributed by atoms with Crippen molar-refractivity contribution in [2.24, 2.45) is 0 Å². The first kappa shape index (κ1) is 20.6. The first-order valence-corrected chi connectivity index (χ1v) is 9.77. The molecule has 0 radical (unpaired) electrons. The van der Waals surface area contributed by atoms with E-state index in [2.05, 4.69) is 4.72 Å². The van der Waals surface area contributed by atoms with E-state index in [9.17, 15) is 18.0 Å². The Hall–Kier alpha value is -2.71. The number of hydrogen-bond donors (Lipinski definition) is 1. The fourth-order valence-corrected chi connectivity index (χ4v) is 3.59. The average molecular weight is 391 g/mol. The van der Waals surface area contributed by atoms with Crippen LogP contribution in [-0.2, 0) is 30.7 Å². The smallest absolute Gasteiger partial charge is 0.338 e. The van der Waals surface area contributed by atoms with Crippen molar-refractivity contribution in [1.82, 2.24) is 4.72 Å². The molecule has 0 saturated heterocycles. The topological polar surface area (TPSA) is 98.8 Å². The lowest BCUT2D eigenvalue weighted by atomic mass is 10.1. The highest BCUT2D eigenvalue weighted by Gasteiger charge is 2.27. The molecule has 0 saturated carbocycles. The third-order valence-electron chi connectivity index (χ3n) is 3.74. The molecule has 144 valence electrons. The highest BCUT2D eigenvalue weighted by Crippen LogP contribution is 2.14. The van der Waals surface area contributed by atoms with Gasteiger partial charge >= 0.3 is 11.9 Å². The highest BCUT2D eigenvalue weighted by atomic mass is 32.2. The maximum atomic E-state index is 12.6. The van der Waals surface area contributed by atoms with Crippen LogP contribution in [0.3, 0.4) is 0 Å². The fourth-order valence-electron chi connectivity index (χ4n) is 2.41. The Bertz CT molecular complexity index is 878. The number of benzene rings is 2. The van der Waals surface area contributed by atoms with E-state index in [0.29, 0.717) is 0 Å². The van der Waals surface area contributed by atoms with Crippen LogP contribution in [0, 0.1) is 0 Å². The Morgan fingerprint density at radius 2 is 1.67 bits per heavy atom. The molecule has 0 aromatic heterocycles. The van der Waals surface area contributed by atoms with Gasteiger partial charge in [0.1, 0.15) is 6.04 Å². The molecule has 0 aliphatic rings. The van der Waals surface area contributed by atoms with E-state index in [1.807, 2.05) is 6.07 Å². The van der Waals surface area contributed by atoms with Crippen LogP contribution >= 0.6 is 0 Å². The molecule has 2 aromatic rings. The van der Waals surface area contributed by atoms with Gasteiger partial charge in [0.25, 0.3) is 0 Å². The zero-order valence-corrected chi connectivity index (χ0v) is 15.9. The highest BCUT2D eigenvalue weighted by molar-refractivity contribution is 7.89. The molecule has 1 atom stereocenters. The third-order valence-corrected chi connectivity index (χ3v) is 5.23. The standard InChI is InChI=1S/C19H21NO6S/c1-3-26-18(21)15-9-11-16(12-10-15)27(23,24)20-17(19(22)25-2)13-14-7-5-4-6-8-14/h4-12,17,20H,3,13H2,1-2H3/t17-/m0/s1. The second-order valence-corrected chi connectivity index (χ2v) is 7.35. The van der Waals surface area contributed by atoms with Crippen LogP contribution in [0.4, 0.5) is 0 Å². The van der Waals surface area contributed by atoms with Crippen molar-refractivity contribution in [2.75, 3.05) is 13.7 Å². The van der Waals surface area contributed by atoms with Gasteiger partial charge in [0.15, 0.2) is 0 Å². The zero-order chi connectivity index (χ0) is 19.9. The number of nitrogens with one attached hydrogen (secondary N) is 1. The van der Waals surface area contributed by atoms with Gasteiger partial charge in [-0.3, -0.25) is 4.79 Å². The molecular weight excluding hydrogens is 370 g/mol. The number of sulfonamides is 1. The number of carbonyl (C=O) groups is 2. The molecule has 0 amide bonds. The number of rotatable bonds is 8. The van der Waals surface area contributed by atoms with E-state index in [-0.39, 0.29) is 23.5 Å². The largest absolute Gasteiger partial charge is 0.468 e. The monoisotopic (exact) mass is 391 g/mol. The Morgan fingerprint density at radius 1 is 1.04 bits per heavy atom. The van der Waals surface area contributed by atoms with Crippen molar-refractivity contribution in [3.63, 3.8) is 0 Å². The number of esters is 2. The van der Waals surface area contributed by atoms with Crippen molar-refractivity contribution in [3.05, 3.63) is 65.7 Å². The lowest BCUT2D eigenvalue weighted by molar-refractivity contribution is -0.142. The third kappa shape index (κ3) is 5.63. The predicted molar refractivity (Wildman–Crippen MR) is 98.7 cm³/mol. The summed E-state index contributed by atoms with van der Waals surface area (Å²) in [5, 5.41) is 0. The molecule has 0 bridgehead atoms. The summed E-state index contributed by atoms with van der Waals surface area (Å²) < 4.78 is 37.2. The molecule has 2 aromatic carbocycles. The summed E-state index contributed by atoms with van der Waals surface area (Å²) in [6.07, 6.45) is 0.146. The molecule has 7 nitrogen and oxygen atoms in total. The summed E-state index contributed by atoms with van der Waals surface area (Å²) >= 11 is 0. The summed E-state index contributed by atoms with van der Waals surface area (Å²) in [6.45, 7) is 1.90. The number of carbonyl (C=O) groups excluding carboxylic acids is 2. The van der Waals surface area contributed by atoms with Gasteiger partial charge in [-0.05, 0) is 43.2 Å². The summed E-state index contributed by atoms with van der Waals surface area (Å²) in [6, 6.07) is 13.2. The molecule has 0 unspecified atom stereocenters. The molecule has 8 heteroatoms. The van der Waals surface area contributed by atoms with Gasteiger partial charge in [-0.2, -0.15) is 4.72 Å². The minimum atomic E-state index is -3.99. The summed E-state index contributed by atoms with van der Waals surface area (Å²) in [5.41, 5.74) is 1.03. The molecule has 27 heavy (non-hydrogen) atoms. The minimum Gasteiger partial charge on any atom is -0.468 e. The minimum absolute atomic E-state index is 0.0717. The molecule has 0 aliphatic heterocycles. The summed E-state index contributed by atoms with van der Waals surface area (Å²) in [7, 11) is -2.80. The van der Waals surface area contributed by atoms with Crippen LogP contribution in [0.2, 0.25) is 0 Å². The number of ether oxygens (including phenoxy) is 2. The quantitative estimate of drug-likeness (QED) is 0.691. The van der Waals surface area contributed by atoms with Gasteiger partial charge in [0, 0.05) is 0 Å². The SMILES string of the molecule is CCOC(=O)c1ccc(S(=O)(=O)N[C@@H](Cc2ccccc2)C(=O)OC)cc1. The Morgan fingerprint density at radius 3 is 2.22 bits per heavy atom. The second-order valence-electron chi connectivity index (χ2n) is 5.63. The van der Waals surface area contributed by atoms with Gasteiger partial charge in [0.2, 0.25) is 10.0 Å². The van der Waals surface area contributed by atoms with E-state index < -0.39 is 28.0 Å². The number of hydrogen-bond acceptors (Lipinski definition) is 6. The van der Waals surface area contributed by atoms with E-state index in [0.717, 1.165) is 5.56 Å². The molecule has 0 heterocycles. The van der Waals surface area contributed by atoms with Crippen LogP contribution in [0.5, 0.6) is 0 Å².